The van der Waals surface area contributed by atoms with E-state index in [1.807, 2.05) is 18.2 Å². The molecule has 1 atom stereocenters. The summed E-state index contributed by atoms with van der Waals surface area (Å²) in [6.07, 6.45) is 0. The van der Waals surface area contributed by atoms with Gasteiger partial charge in [0.2, 0.25) is 0 Å². The van der Waals surface area contributed by atoms with Crippen LogP contribution >= 0.6 is 28.1 Å². The molecule has 0 unspecified atom stereocenters. The molecule has 0 aliphatic carbocycles. The van der Waals surface area contributed by atoms with Crippen molar-refractivity contribution in [3.8, 4) is 11.8 Å². The minimum absolute atomic E-state index is 0.214. The maximum atomic E-state index is 9.69. The molecular weight excluding hydrogens is 362 g/mol. The van der Waals surface area contributed by atoms with E-state index in [1.165, 1.54) is 0 Å². The van der Waals surface area contributed by atoms with Crippen LogP contribution in [0.5, 0.6) is 5.75 Å². The van der Waals surface area contributed by atoms with Gasteiger partial charge in [0.05, 0.1) is 24.8 Å². The van der Waals surface area contributed by atoms with Crippen molar-refractivity contribution in [1.29, 1.82) is 5.26 Å². The van der Waals surface area contributed by atoms with E-state index < -0.39 is 0 Å². The molecule has 0 aromatic heterocycles. The second-order valence-corrected chi connectivity index (χ2v) is 7.39. The largest absolute Gasteiger partial charge is 0.496 e. The lowest BCUT2D eigenvalue weighted by Gasteiger charge is -2.35. The van der Waals surface area contributed by atoms with E-state index in [-0.39, 0.29) is 11.5 Å². The molecule has 1 aliphatic rings. The van der Waals surface area contributed by atoms with Crippen molar-refractivity contribution in [2.75, 3.05) is 7.11 Å². The number of nitriles is 1. The molecular formula is C16H18BrN3OS. The normalized spacial score (nSPS) is 18.4. The molecule has 1 aromatic carbocycles. The molecule has 6 heteroatoms. The number of benzene rings is 1. The minimum atomic E-state index is -0.333. The quantitative estimate of drug-likeness (QED) is 0.765. The van der Waals surface area contributed by atoms with Crippen LogP contribution in [0.2, 0.25) is 0 Å². The van der Waals surface area contributed by atoms with Crippen LogP contribution in [0.25, 0.3) is 0 Å². The second-order valence-electron chi connectivity index (χ2n) is 6.07. The summed E-state index contributed by atoms with van der Waals surface area (Å²) >= 11 is 8.80. The molecule has 2 N–H and O–H groups in total. The fourth-order valence-electron chi connectivity index (χ4n) is 2.44. The van der Waals surface area contributed by atoms with E-state index in [1.54, 1.807) is 7.11 Å². The number of nitrogens with zero attached hydrogens (tertiary/aromatic N) is 1. The van der Waals surface area contributed by atoms with Gasteiger partial charge in [-0.15, -0.1) is 0 Å². The van der Waals surface area contributed by atoms with E-state index in [2.05, 4.69) is 53.4 Å². The number of ether oxygens (including phenoxy) is 1. The summed E-state index contributed by atoms with van der Waals surface area (Å²) in [6, 6.07) is 7.72. The van der Waals surface area contributed by atoms with Gasteiger partial charge >= 0.3 is 0 Å². The summed E-state index contributed by atoms with van der Waals surface area (Å²) in [6.45, 7) is 6.15. The van der Waals surface area contributed by atoms with Gasteiger partial charge in [-0.2, -0.15) is 5.26 Å². The lowest BCUT2D eigenvalue weighted by atomic mass is 9.84. The van der Waals surface area contributed by atoms with Crippen LogP contribution in [0.3, 0.4) is 0 Å². The molecule has 0 fully saturated rings. The smallest absolute Gasteiger partial charge is 0.171 e. The first-order chi connectivity index (χ1) is 10.3. The lowest BCUT2D eigenvalue weighted by molar-refractivity contribution is 0.404. The molecule has 22 heavy (non-hydrogen) atoms. The van der Waals surface area contributed by atoms with Crippen LogP contribution in [0.15, 0.2) is 33.9 Å². The Morgan fingerprint density at radius 2 is 2.05 bits per heavy atom. The van der Waals surface area contributed by atoms with Gasteiger partial charge in [0, 0.05) is 21.1 Å². The first-order valence-electron chi connectivity index (χ1n) is 6.83. The third-order valence-electron chi connectivity index (χ3n) is 3.45. The van der Waals surface area contributed by atoms with Crippen LogP contribution in [-0.2, 0) is 0 Å². The van der Waals surface area contributed by atoms with Gasteiger partial charge in [-0.25, -0.2) is 0 Å². The molecule has 0 radical (unpaired) electrons. The number of rotatable bonds is 2. The number of halogens is 1. The highest BCUT2D eigenvalue weighted by Gasteiger charge is 2.33. The number of thiocarbonyl (C=S) groups is 1. The predicted octanol–water partition coefficient (Wildman–Crippen LogP) is 3.80. The van der Waals surface area contributed by atoms with Gasteiger partial charge < -0.3 is 15.4 Å². The number of hydrogen-bond acceptors (Lipinski definition) is 3. The van der Waals surface area contributed by atoms with Crippen molar-refractivity contribution in [3.63, 3.8) is 0 Å². The molecule has 4 nitrogen and oxygen atoms in total. The molecule has 0 saturated carbocycles. The number of hydrogen-bond donors (Lipinski definition) is 2. The molecule has 1 aliphatic heterocycles. The van der Waals surface area contributed by atoms with Crippen LogP contribution in [0.1, 0.15) is 32.4 Å². The van der Waals surface area contributed by atoms with Gasteiger partial charge in [-0.05, 0) is 30.4 Å². The first kappa shape index (κ1) is 16.8. The summed E-state index contributed by atoms with van der Waals surface area (Å²) < 4.78 is 6.37. The summed E-state index contributed by atoms with van der Waals surface area (Å²) in [4.78, 5) is 0. The Kier molecular flexibility index (Phi) is 4.78. The van der Waals surface area contributed by atoms with E-state index in [0.717, 1.165) is 15.7 Å². The highest BCUT2D eigenvalue weighted by Crippen LogP contribution is 2.38. The zero-order chi connectivity index (χ0) is 16.5. The molecule has 1 aromatic rings. The fourth-order valence-corrected chi connectivity index (χ4v) is 3.04. The SMILES string of the molecule is COc1ccc(Br)cc1[C@@H]1NC(=S)NC(C(C)(C)C)=C1C#N. The van der Waals surface area contributed by atoms with Gasteiger partial charge in [0.1, 0.15) is 5.75 Å². The maximum absolute atomic E-state index is 9.69. The third-order valence-corrected chi connectivity index (χ3v) is 4.16. The van der Waals surface area contributed by atoms with Crippen LogP contribution in [-0.4, -0.2) is 12.2 Å². The summed E-state index contributed by atoms with van der Waals surface area (Å²) in [7, 11) is 1.62. The topological polar surface area (TPSA) is 57.1 Å². The lowest BCUT2D eigenvalue weighted by Crippen LogP contribution is -2.46. The molecule has 1 heterocycles. The molecule has 0 amide bonds. The van der Waals surface area contributed by atoms with E-state index in [9.17, 15) is 5.26 Å². The Labute approximate surface area is 144 Å². The Balaban J connectivity index is 2.66. The summed E-state index contributed by atoms with van der Waals surface area (Å²) in [5.41, 5.74) is 2.12. The van der Waals surface area contributed by atoms with Gasteiger partial charge in [-0.1, -0.05) is 36.7 Å². The number of nitrogens with one attached hydrogen (secondary N) is 2. The van der Waals surface area contributed by atoms with Crippen molar-refractivity contribution >= 4 is 33.3 Å². The van der Waals surface area contributed by atoms with Crippen LogP contribution < -0.4 is 15.4 Å². The van der Waals surface area contributed by atoms with E-state index in [4.69, 9.17) is 17.0 Å². The monoisotopic (exact) mass is 379 g/mol. The highest BCUT2D eigenvalue weighted by atomic mass is 79.9. The van der Waals surface area contributed by atoms with Gasteiger partial charge in [0.15, 0.2) is 5.11 Å². The van der Waals surface area contributed by atoms with E-state index in [0.29, 0.717) is 16.4 Å². The number of allylic oxidation sites excluding steroid dienone is 1. The fraction of sp³-hybridized carbons (Fsp3) is 0.375. The maximum Gasteiger partial charge on any atom is 0.171 e. The molecule has 0 bridgehead atoms. The van der Waals surface area contributed by atoms with Crippen molar-refractivity contribution < 1.29 is 4.74 Å². The molecule has 2 rings (SSSR count). The zero-order valence-electron chi connectivity index (χ0n) is 13.0. The highest BCUT2D eigenvalue weighted by molar-refractivity contribution is 9.10. The predicted molar refractivity (Wildman–Crippen MR) is 94.4 cm³/mol. The zero-order valence-corrected chi connectivity index (χ0v) is 15.4. The summed E-state index contributed by atoms with van der Waals surface area (Å²) in [5, 5.41) is 16.5. The third kappa shape index (κ3) is 3.26. The van der Waals surface area contributed by atoms with E-state index >= 15 is 0 Å². The van der Waals surface area contributed by atoms with Gasteiger partial charge in [0.25, 0.3) is 0 Å². The summed E-state index contributed by atoms with van der Waals surface area (Å²) in [5.74, 6) is 0.714. The second kappa shape index (κ2) is 6.27. The average molecular weight is 380 g/mol. The van der Waals surface area contributed by atoms with Crippen molar-refractivity contribution in [2.45, 2.75) is 26.8 Å². The Hall–Kier alpha value is -1.58. The average Bonchev–Trinajstić information content (AvgIpc) is 2.45. The molecule has 0 spiro atoms. The van der Waals surface area contributed by atoms with Crippen molar-refractivity contribution in [1.82, 2.24) is 10.6 Å². The Morgan fingerprint density at radius 1 is 1.36 bits per heavy atom. The molecule has 116 valence electrons. The number of methoxy groups -OCH3 is 1. The van der Waals surface area contributed by atoms with Gasteiger partial charge in [-0.3, -0.25) is 0 Å². The standard InChI is InChI=1S/C16H18BrN3OS/c1-16(2,3)14-11(8-18)13(19-15(22)20-14)10-7-9(17)5-6-12(10)21-4/h5-7,13H,1-4H3,(H2,19,20,22)/t13-/m0/s1. The molecule has 0 saturated heterocycles. The Bertz CT molecular complexity index is 686. The van der Waals surface area contributed by atoms with Crippen molar-refractivity contribution in [2.24, 2.45) is 5.41 Å². The minimum Gasteiger partial charge on any atom is -0.496 e. The van der Waals surface area contributed by atoms with Crippen LogP contribution in [0, 0.1) is 16.7 Å². The van der Waals surface area contributed by atoms with Crippen LogP contribution in [0.4, 0.5) is 0 Å². The Morgan fingerprint density at radius 3 is 2.59 bits per heavy atom. The first-order valence-corrected chi connectivity index (χ1v) is 8.03. The van der Waals surface area contributed by atoms with Crippen molar-refractivity contribution in [3.05, 3.63) is 39.5 Å².